The minimum absolute atomic E-state index is 0.00550. The summed E-state index contributed by atoms with van der Waals surface area (Å²) in [5.41, 5.74) is -0.499. The molecule has 2 aromatic rings. The average molecular weight is 421 g/mol. The van der Waals surface area contributed by atoms with Crippen LogP contribution in [0.25, 0.3) is 0 Å². The molecule has 0 atom stereocenters. The highest BCUT2D eigenvalue weighted by molar-refractivity contribution is 9.08. The Morgan fingerprint density at radius 1 is 1.16 bits per heavy atom. The van der Waals surface area contributed by atoms with Gasteiger partial charge in [0, 0.05) is 5.33 Å². The maximum absolute atomic E-state index is 14.0. The molecule has 0 spiro atoms. The molecule has 2 aromatic carbocycles. The van der Waals surface area contributed by atoms with Gasteiger partial charge in [-0.2, -0.15) is 13.2 Å². The van der Waals surface area contributed by atoms with Crippen LogP contribution in [0.15, 0.2) is 36.4 Å². The van der Waals surface area contributed by atoms with Crippen LogP contribution in [0.3, 0.4) is 0 Å². The van der Waals surface area contributed by atoms with Crippen LogP contribution in [0.5, 0.6) is 11.5 Å². The summed E-state index contributed by atoms with van der Waals surface area (Å²) >= 11 is 3.23. The molecule has 0 aromatic heterocycles. The predicted octanol–water partition coefficient (Wildman–Crippen LogP) is 5.71. The summed E-state index contributed by atoms with van der Waals surface area (Å²) in [6.45, 7) is 1.76. The number of rotatable bonds is 5. The Morgan fingerprint density at radius 2 is 1.88 bits per heavy atom. The van der Waals surface area contributed by atoms with Gasteiger partial charge in [-0.25, -0.2) is 9.18 Å². The highest BCUT2D eigenvalue weighted by atomic mass is 79.9. The SMILES string of the molecule is CCOC(=O)c1c(CBr)cccc1Oc1ccc(C(F)(F)F)cc1F. The number of esters is 1. The zero-order chi connectivity index (χ0) is 18.6. The zero-order valence-electron chi connectivity index (χ0n) is 13.0. The smallest absolute Gasteiger partial charge is 0.416 e. The van der Waals surface area contributed by atoms with Crippen LogP contribution < -0.4 is 4.74 Å². The molecule has 134 valence electrons. The van der Waals surface area contributed by atoms with Gasteiger partial charge in [-0.05, 0) is 36.8 Å². The van der Waals surface area contributed by atoms with E-state index in [0.717, 1.165) is 6.07 Å². The molecule has 0 amide bonds. The minimum atomic E-state index is -4.66. The fraction of sp³-hybridized carbons (Fsp3) is 0.235. The maximum Gasteiger partial charge on any atom is 0.416 e. The second kappa shape index (κ2) is 7.86. The molecular formula is C17H13BrF4O3. The molecule has 3 nitrogen and oxygen atoms in total. The van der Waals surface area contributed by atoms with Crippen molar-refractivity contribution in [3.63, 3.8) is 0 Å². The van der Waals surface area contributed by atoms with E-state index in [9.17, 15) is 22.4 Å². The molecule has 0 bridgehead atoms. The molecule has 0 N–H and O–H groups in total. The summed E-state index contributed by atoms with van der Waals surface area (Å²) in [6, 6.07) is 6.56. The number of benzene rings is 2. The first-order chi connectivity index (χ1) is 11.8. The van der Waals surface area contributed by atoms with Gasteiger partial charge in [-0.15, -0.1) is 0 Å². The Balaban J connectivity index is 2.42. The number of ether oxygens (including phenoxy) is 2. The van der Waals surface area contributed by atoms with E-state index in [1.54, 1.807) is 19.1 Å². The van der Waals surface area contributed by atoms with Crippen LogP contribution >= 0.6 is 15.9 Å². The molecule has 0 aliphatic rings. The third kappa shape index (κ3) is 4.50. The van der Waals surface area contributed by atoms with Crippen LogP contribution in [0.4, 0.5) is 17.6 Å². The number of alkyl halides is 4. The van der Waals surface area contributed by atoms with Crippen LogP contribution in [0.2, 0.25) is 0 Å². The fourth-order valence-corrected chi connectivity index (χ4v) is 2.55. The standard InChI is InChI=1S/C17H13BrF4O3/c1-2-24-16(23)15-10(9-18)4-3-5-14(15)25-13-7-6-11(8-12(13)19)17(20,21)22/h3-8H,2,9H2,1H3. The third-order valence-electron chi connectivity index (χ3n) is 3.22. The van der Waals surface area contributed by atoms with Crippen molar-refractivity contribution < 1.29 is 31.8 Å². The van der Waals surface area contributed by atoms with E-state index in [1.807, 2.05) is 0 Å². The minimum Gasteiger partial charge on any atom is -0.462 e. The van der Waals surface area contributed by atoms with Gasteiger partial charge in [0.2, 0.25) is 0 Å². The molecule has 0 fully saturated rings. The molecule has 2 rings (SSSR count). The molecule has 0 saturated heterocycles. The Bertz CT molecular complexity index is 775. The Labute approximate surface area is 149 Å². The van der Waals surface area contributed by atoms with Crippen LogP contribution in [0, 0.1) is 5.82 Å². The Morgan fingerprint density at radius 3 is 2.44 bits per heavy atom. The van der Waals surface area contributed by atoms with E-state index < -0.39 is 29.3 Å². The lowest BCUT2D eigenvalue weighted by Gasteiger charge is -2.14. The van der Waals surface area contributed by atoms with E-state index in [2.05, 4.69) is 15.9 Å². The first-order valence-electron chi connectivity index (χ1n) is 7.17. The highest BCUT2D eigenvalue weighted by Gasteiger charge is 2.31. The first-order valence-corrected chi connectivity index (χ1v) is 8.29. The Hall–Kier alpha value is -2.09. The maximum atomic E-state index is 14.0. The van der Waals surface area contributed by atoms with Gasteiger partial charge in [0.15, 0.2) is 11.6 Å². The number of hydrogen-bond acceptors (Lipinski definition) is 3. The van der Waals surface area contributed by atoms with E-state index in [4.69, 9.17) is 9.47 Å². The van der Waals surface area contributed by atoms with Crippen molar-refractivity contribution in [3.05, 3.63) is 58.9 Å². The average Bonchev–Trinajstić information content (AvgIpc) is 2.55. The van der Waals surface area contributed by atoms with Crippen molar-refractivity contribution in [2.75, 3.05) is 6.61 Å². The second-order valence-corrected chi connectivity index (χ2v) is 5.45. The quantitative estimate of drug-likeness (QED) is 0.353. The number of carbonyl (C=O) groups excluding carboxylic acids is 1. The lowest BCUT2D eigenvalue weighted by molar-refractivity contribution is -0.137. The number of halogens is 5. The van der Waals surface area contributed by atoms with Gasteiger partial charge < -0.3 is 9.47 Å². The third-order valence-corrected chi connectivity index (χ3v) is 3.82. The van der Waals surface area contributed by atoms with Gasteiger partial charge in [0.25, 0.3) is 0 Å². The molecule has 0 saturated carbocycles. The molecule has 0 aliphatic carbocycles. The van der Waals surface area contributed by atoms with Crippen molar-refractivity contribution in [2.24, 2.45) is 0 Å². The van der Waals surface area contributed by atoms with E-state index in [-0.39, 0.29) is 17.9 Å². The molecule has 0 aliphatic heterocycles. The monoisotopic (exact) mass is 420 g/mol. The summed E-state index contributed by atoms with van der Waals surface area (Å²) < 4.78 is 62.1. The molecule has 8 heteroatoms. The normalized spacial score (nSPS) is 11.3. The van der Waals surface area contributed by atoms with Crippen molar-refractivity contribution in [1.82, 2.24) is 0 Å². The first kappa shape index (κ1) is 19.2. The van der Waals surface area contributed by atoms with Gasteiger partial charge in [0.1, 0.15) is 11.3 Å². The van der Waals surface area contributed by atoms with Crippen molar-refractivity contribution in [1.29, 1.82) is 0 Å². The van der Waals surface area contributed by atoms with Crippen molar-refractivity contribution in [3.8, 4) is 11.5 Å². The molecule has 25 heavy (non-hydrogen) atoms. The lowest BCUT2D eigenvalue weighted by Crippen LogP contribution is -2.10. The van der Waals surface area contributed by atoms with E-state index in [0.29, 0.717) is 23.0 Å². The van der Waals surface area contributed by atoms with Crippen molar-refractivity contribution in [2.45, 2.75) is 18.4 Å². The predicted molar refractivity (Wildman–Crippen MR) is 86.5 cm³/mol. The lowest BCUT2D eigenvalue weighted by atomic mass is 10.1. The van der Waals surface area contributed by atoms with Gasteiger partial charge in [0.05, 0.1) is 12.2 Å². The van der Waals surface area contributed by atoms with Crippen LogP contribution in [-0.4, -0.2) is 12.6 Å². The van der Waals surface area contributed by atoms with Gasteiger partial charge >= 0.3 is 12.1 Å². The zero-order valence-corrected chi connectivity index (χ0v) is 14.6. The Kier molecular flexibility index (Phi) is 6.05. The van der Waals surface area contributed by atoms with Crippen LogP contribution in [0.1, 0.15) is 28.4 Å². The summed E-state index contributed by atoms with van der Waals surface area (Å²) in [6.07, 6.45) is -4.66. The number of hydrogen-bond donors (Lipinski definition) is 0. The summed E-state index contributed by atoms with van der Waals surface area (Å²) in [4.78, 5) is 12.1. The fourth-order valence-electron chi connectivity index (χ4n) is 2.09. The van der Waals surface area contributed by atoms with Gasteiger partial charge in [-0.3, -0.25) is 0 Å². The molecule has 0 heterocycles. The van der Waals surface area contributed by atoms with Gasteiger partial charge in [-0.1, -0.05) is 28.1 Å². The van der Waals surface area contributed by atoms with E-state index >= 15 is 0 Å². The molecular weight excluding hydrogens is 408 g/mol. The molecule has 0 radical (unpaired) electrons. The van der Waals surface area contributed by atoms with Crippen molar-refractivity contribution >= 4 is 21.9 Å². The number of carbonyl (C=O) groups is 1. The van der Waals surface area contributed by atoms with E-state index in [1.165, 1.54) is 6.07 Å². The summed E-state index contributed by atoms with van der Waals surface area (Å²) in [5.74, 6) is -2.28. The summed E-state index contributed by atoms with van der Waals surface area (Å²) in [7, 11) is 0. The highest BCUT2D eigenvalue weighted by Crippen LogP contribution is 2.35. The van der Waals surface area contributed by atoms with Crippen LogP contribution in [-0.2, 0) is 16.2 Å². The largest absolute Gasteiger partial charge is 0.462 e. The summed E-state index contributed by atoms with van der Waals surface area (Å²) in [5, 5.41) is 0.313. The topological polar surface area (TPSA) is 35.5 Å². The molecule has 0 unspecified atom stereocenters. The second-order valence-electron chi connectivity index (χ2n) is 4.89.